The van der Waals surface area contributed by atoms with Crippen LogP contribution in [0.2, 0.25) is 0 Å². The molecule has 7 nitrogen and oxygen atoms in total. The Bertz CT molecular complexity index is 700. The van der Waals surface area contributed by atoms with Gasteiger partial charge in [0.2, 0.25) is 0 Å². The molecule has 0 amide bonds. The molecule has 1 aromatic carbocycles. The molecule has 0 fully saturated rings. The molecule has 1 aliphatic rings. The highest BCUT2D eigenvalue weighted by atomic mass is 31.1. The first-order valence-corrected chi connectivity index (χ1v) is 9.77. The highest BCUT2D eigenvalue weighted by Gasteiger charge is 2.31. The fourth-order valence-electron chi connectivity index (χ4n) is 2.77. The predicted octanol–water partition coefficient (Wildman–Crippen LogP) is 2.60. The van der Waals surface area contributed by atoms with E-state index in [1.165, 1.54) is 7.11 Å². The van der Waals surface area contributed by atoms with Gasteiger partial charge >= 0.3 is 5.97 Å². The Morgan fingerprint density at radius 1 is 1.44 bits per heavy atom. The van der Waals surface area contributed by atoms with E-state index in [0.29, 0.717) is 36.1 Å². The van der Waals surface area contributed by atoms with Gasteiger partial charge in [-0.25, -0.2) is 4.79 Å². The Morgan fingerprint density at radius 3 is 2.67 bits per heavy atom. The van der Waals surface area contributed by atoms with Gasteiger partial charge in [-0.15, -0.1) is 0 Å². The summed E-state index contributed by atoms with van der Waals surface area (Å²) in [6, 6.07) is 0. The number of esters is 1. The number of fused-ring (bicyclic) bond motifs is 1. The number of nitrogens with one attached hydrogen (secondary N) is 1. The number of carbonyl (C=O) groups is 2. The van der Waals surface area contributed by atoms with E-state index in [-0.39, 0.29) is 26.7 Å². The van der Waals surface area contributed by atoms with Crippen LogP contribution in [0.1, 0.15) is 46.8 Å². The molecule has 1 atom stereocenters. The number of aromatic hydroxyl groups is 1. The number of carbonyl (C=O) groups excluding carboxylic acids is 2. The third-order valence-corrected chi connectivity index (χ3v) is 4.73. The maximum absolute atomic E-state index is 11.8. The second-order valence-electron chi connectivity index (χ2n) is 6.06. The van der Waals surface area contributed by atoms with E-state index in [4.69, 9.17) is 14.4 Å². The quantitative estimate of drug-likeness (QED) is 0.268. The van der Waals surface area contributed by atoms with Crippen LogP contribution < -0.4 is 10.1 Å². The Morgan fingerprint density at radius 2 is 2.15 bits per heavy atom. The van der Waals surface area contributed by atoms with Gasteiger partial charge in [-0.2, -0.15) is 0 Å². The highest BCUT2D eigenvalue weighted by molar-refractivity contribution is 7.30. The summed E-state index contributed by atoms with van der Waals surface area (Å²) in [6.45, 7) is 3.95. The Hall–Kier alpha value is -1.95. The van der Waals surface area contributed by atoms with E-state index in [1.54, 1.807) is 0 Å². The van der Waals surface area contributed by atoms with Crippen molar-refractivity contribution < 1.29 is 29.1 Å². The number of methoxy groups -OCH3 is 1. The molecule has 3 N–H and O–H groups in total. The van der Waals surface area contributed by atoms with E-state index in [2.05, 4.69) is 5.32 Å². The molecule has 27 heavy (non-hydrogen) atoms. The van der Waals surface area contributed by atoms with E-state index in [9.17, 15) is 14.7 Å². The standard InChI is InChI=1S/C17H20O5.C2H8NOP/c1-10(5-4-8-18)6-7-12-15(19)14-13(9-22-17(14)20)11(2)16(12)21-3;1-3-2-5-4/h6,8,19H,4-5,7,9H2,1-3H3;3-5H,2H2,1H3/b10-6+;. The van der Waals surface area contributed by atoms with Crippen LogP contribution in [0, 0.1) is 6.92 Å². The number of benzene rings is 1. The molecule has 150 valence electrons. The Kier molecular flexibility index (Phi) is 10.0. The molecule has 0 saturated carbocycles. The zero-order valence-electron chi connectivity index (χ0n) is 16.2. The van der Waals surface area contributed by atoms with Gasteiger partial charge in [-0.1, -0.05) is 11.6 Å². The third kappa shape index (κ3) is 6.03. The first-order valence-electron chi connectivity index (χ1n) is 8.62. The average Bonchev–Trinajstić information content (AvgIpc) is 3.05. The van der Waals surface area contributed by atoms with Crippen LogP contribution in [-0.4, -0.2) is 42.7 Å². The molecule has 1 aromatic rings. The summed E-state index contributed by atoms with van der Waals surface area (Å²) >= 11 is 0. The zero-order chi connectivity index (χ0) is 20.4. The lowest BCUT2D eigenvalue weighted by molar-refractivity contribution is -0.107. The number of allylic oxidation sites excluding steroid dienone is 2. The first-order chi connectivity index (χ1) is 12.9. The zero-order valence-corrected chi connectivity index (χ0v) is 17.2. The van der Waals surface area contributed by atoms with Crippen molar-refractivity contribution in [2.75, 3.05) is 20.4 Å². The van der Waals surface area contributed by atoms with Crippen molar-refractivity contribution in [3.8, 4) is 11.5 Å². The van der Waals surface area contributed by atoms with Crippen LogP contribution in [0.25, 0.3) is 0 Å². The summed E-state index contributed by atoms with van der Waals surface area (Å²) in [5.41, 5.74) is 3.37. The minimum atomic E-state index is -0.499. The molecule has 0 saturated heterocycles. The minimum Gasteiger partial charge on any atom is -0.507 e. The van der Waals surface area contributed by atoms with Crippen LogP contribution in [0.5, 0.6) is 11.5 Å². The molecule has 1 unspecified atom stereocenters. The maximum Gasteiger partial charge on any atom is 0.342 e. The van der Waals surface area contributed by atoms with Crippen LogP contribution in [0.4, 0.5) is 0 Å². The molecule has 0 bridgehead atoms. The van der Waals surface area contributed by atoms with E-state index < -0.39 is 5.97 Å². The predicted molar refractivity (Wildman–Crippen MR) is 106 cm³/mol. The normalized spacial score (nSPS) is 13.2. The molecule has 0 aliphatic carbocycles. The SMILES string of the molecule is CNCPO.COc1c(C)c2c(c(O)c1C/C=C(\C)CCC=O)C(=O)OC2. The van der Waals surface area contributed by atoms with Crippen molar-refractivity contribution in [1.82, 2.24) is 5.32 Å². The maximum atomic E-state index is 11.8. The topological polar surface area (TPSA) is 105 Å². The third-order valence-electron chi connectivity index (χ3n) is 4.21. The van der Waals surface area contributed by atoms with E-state index in [1.807, 2.05) is 27.0 Å². The molecule has 0 spiro atoms. The number of phenolic OH excluding ortho intramolecular Hbond substituents is 1. The Balaban J connectivity index is 0.000000646. The number of cyclic esters (lactones) is 1. The summed E-state index contributed by atoms with van der Waals surface area (Å²) < 4.78 is 10.4. The fraction of sp³-hybridized carbons (Fsp3) is 0.474. The van der Waals surface area contributed by atoms with Gasteiger partial charge in [0.15, 0.2) is 0 Å². The van der Waals surface area contributed by atoms with Gasteiger partial charge in [-0.3, -0.25) is 0 Å². The van der Waals surface area contributed by atoms with Crippen molar-refractivity contribution in [1.29, 1.82) is 0 Å². The molecule has 8 heteroatoms. The summed E-state index contributed by atoms with van der Waals surface area (Å²) in [7, 11) is 3.40. The Labute approximate surface area is 161 Å². The largest absolute Gasteiger partial charge is 0.507 e. The summed E-state index contributed by atoms with van der Waals surface area (Å²) in [5.74, 6) is 0.00883. The van der Waals surface area contributed by atoms with Crippen molar-refractivity contribution in [3.05, 3.63) is 33.9 Å². The number of aldehydes is 1. The monoisotopic (exact) mass is 397 g/mol. The summed E-state index contributed by atoms with van der Waals surface area (Å²) in [6.07, 6.45) is 5.12. The number of hydrogen-bond donors (Lipinski definition) is 3. The second-order valence-corrected chi connectivity index (χ2v) is 6.73. The average molecular weight is 397 g/mol. The van der Waals surface area contributed by atoms with Crippen LogP contribution in [0.15, 0.2) is 11.6 Å². The molecule has 0 radical (unpaired) electrons. The van der Waals surface area contributed by atoms with E-state index in [0.717, 1.165) is 23.7 Å². The lowest BCUT2D eigenvalue weighted by atomic mass is 9.94. The van der Waals surface area contributed by atoms with Gasteiger partial charge < -0.3 is 29.6 Å². The first kappa shape index (κ1) is 23.1. The second kappa shape index (κ2) is 11.7. The molecular formula is C19H28NO6P. The van der Waals surface area contributed by atoms with Crippen molar-refractivity contribution in [2.45, 2.75) is 39.7 Å². The molecule has 1 heterocycles. The lowest BCUT2D eigenvalue weighted by Crippen LogP contribution is -2.03. The fourth-order valence-corrected chi connectivity index (χ4v) is 2.93. The van der Waals surface area contributed by atoms with Crippen LogP contribution in [0.3, 0.4) is 0 Å². The van der Waals surface area contributed by atoms with Gasteiger partial charge in [0.05, 0.1) is 7.11 Å². The number of rotatable bonds is 8. The van der Waals surface area contributed by atoms with E-state index >= 15 is 0 Å². The summed E-state index contributed by atoms with van der Waals surface area (Å²) in [4.78, 5) is 30.2. The van der Waals surface area contributed by atoms with Crippen LogP contribution in [-0.2, 0) is 22.6 Å². The smallest absolute Gasteiger partial charge is 0.342 e. The molecular weight excluding hydrogens is 369 g/mol. The molecule has 1 aliphatic heterocycles. The lowest BCUT2D eigenvalue weighted by Gasteiger charge is -2.15. The number of ether oxygens (including phenoxy) is 2. The number of hydrogen-bond acceptors (Lipinski definition) is 7. The van der Waals surface area contributed by atoms with Gasteiger partial charge in [0.25, 0.3) is 0 Å². The van der Waals surface area contributed by atoms with Crippen molar-refractivity contribution >= 4 is 21.1 Å². The van der Waals surface area contributed by atoms with Crippen LogP contribution >= 0.6 is 8.81 Å². The number of phenols is 1. The summed E-state index contributed by atoms with van der Waals surface area (Å²) in [5, 5.41) is 13.2. The molecule has 0 aromatic heterocycles. The van der Waals surface area contributed by atoms with Gasteiger partial charge in [0.1, 0.15) is 30.0 Å². The molecule has 2 rings (SSSR count). The van der Waals surface area contributed by atoms with Crippen molar-refractivity contribution in [3.63, 3.8) is 0 Å². The highest BCUT2D eigenvalue weighted by Crippen LogP contribution is 2.41. The van der Waals surface area contributed by atoms with Gasteiger partial charge in [-0.05, 0) is 39.3 Å². The minimum absolute atomic E-state index is 0.0467. The van der Waals surface area contributed by atoms with Gasteiger partial charge in [0, 0.05) is 32.6 Å². The van der Waals surface area contributed by atoms with Crippen molar-refractivity contribution in [2.24, 2.45) is 0 Å².